The van der Waals surface area contributed by atoms with Gasteiger partial charge in [0.1, 0.15) is 5.82 Å². The lowest BCUT2D eigenvalue weighted by Gasteiger charge is -2.10. The van der Waals surface area contributed by atoms with Crippen LogP contribution in [0.3, 0.4) is 0 Å². The molecule has 0 amide bonds. The number of aryl methyl sites for hydroxylation is 1. The molecule has 0 bridgehead atoms. The highest BCUT2D eigenvalue weighted by atomic mass is 79.9. The summed E-state index contributed by atoms with van der Waals surface area (Å²) in [6, 6.07) is 7.41. The molecule has 2 rings (SSSR count). The lowest BCUT2D eigenvalue weighted by atomic mass is 10.0. The third-order valence-corrected chi connectivity index (χ3v) is 2.75. The molecule has 0 radical (unpaired) electrons. The normalized spacial score (nSPS) is 9.89. The van der Waals surface area contributed by atoms with Gasteiger partial charge in [0.15, 0.2) is 0 Å². The molecule has 96 valence electrons. The van der Waals surface area contributed by atoms with Crippen LogP contribution in [0.25, 0.3) is 11.1 Å². The van der Waals surface area contributed by atoms with E-state index < -0.39 is 0 Å². The first kappa shape index (κ1) is 14.7. The Kier molecular flexibility index (Phi) is 4.93. The van der Waals surface area contributed by atoms with Crippen LogP contribution in [0.15, 0.2) is 24.3 Å². The summed E-state index contributed by atoms with van der Waals surface area (Å²) in [7, 11) is 0. The van der Waals surface area contributed by atoms with Crippen molar-refractivity contribution in [3.8, 4) is 11.1 Å². The molecule has 0 unspecified atom stereocenters. The number of nitrogens with zero attached hydrogens (tertiary/aromatic N) is 2. The summed E-state index contributed by atoms with van der Waals surface area (Å²) in [6.07, 6.45) is 0.745. The van der Waals surface area contributed by atoms with Crippen molar-refractivity contribution in [2.45, 2.75) is 13.3 Å². The monoisotopic (exact) mass is 328 g/mol. The maximum absolute atomic E-state index is 5.90. The molecule has 0 saturated heterocycles. The molecule has 2 aromatic rings. The van der Waals surface area contributed by atoms with Gasteiger partial charge in [-0.05, 0) is 24.1 Å². The molecule has 4 nitrogen and oxygen atoms in total. The van der Waals surface area contributed by atoms with Gasteiger partial charge in [-0.25, -0.2) is 4.98 Å². The predicted octanol–water partition coefficient (Wildman–Crippen LogP) is 3.10. The van der Waals surface area contributed by atoms with Gasteiger partial charge in [-0.1, -0.05) is 30.7 Å². The van der Waals surface area contributed by atoms with Crippen molar-refractivity contribution in [3.05, 3.63) is 35.0 Å². The first-order valence-corrected chi connectivity index (χ1v) is 5.67. The Morgan fingerprint density at radius 1 is 1.11 bits per heavy atom. The predicted molar refractivity (Wildman–Crippen MR) is 81.0 cm³/mol. The second kappa shape index (κ2) is 6.02. The highest BCUT2D eigenvalue weighted by molar-refractivity contribution is 8.93. The maximum atomic E-state index is 5.90. The molecule has 1 aromatic heterocycles. The topological polar surface area (TPSA) is 77.8 Å². The Bertz CT molecular complexity index is 543. The molecular weight excluding hydrogens is 316 g/mol. The minimum atomic E-state index is 0. The number of hydrogen-bond donors (Lipinski definition) is 2. The van der Waals surface area contributed by atoms with Gasteiger partial charge in [0.2, 0.25) is 5.95 Å². The standard InChI is InChI=1S/C12H13ClN4.BrH/c1-2-9-10(11(14)17-12(15)16-9)7-3-5-8(13)6-4-7;/h3-6H,2H2,1H3,(H4,14,15,16,17);1H. The van der Waals surface area contributed by atoms with Crippen molar-refractivity contribution in [2.75, 3.05) is 11.5 Å². The van der Waals surface area contributed by atoms with Gasteiger partial charge in [0.25, 0.3) is 0 Å². The van der Waals surface area contributed by atoms with E-state index in [1.54, 1.807) is 0 Å². The van der Waals surface area contributed by atoms with Gasteiger partial charge in [-0.3, -0.25) is 0 Å². The number of nitrogens with two attached hydrogens (primary N) is 2. The zero-order valence-corrected chi connectivity index (χ0v) is 12.3. The molecule has 1 aromatic carbocycles. The summed E-state index contributed by atoms with van der Waals surface area (Å²) in [5.74, 6) is 0.605. The third-order valence-electron chi connectivity index (χ3n) is 2.50. The highest BCUT2D eigenvalue weighted by Gasteiger charge is 2.11. The first-order valence-electron chi connectivity index (χ1n) is 5.29. The van der Waals surface area contributed by atoms with Crippen LogP contribution in [0.1, 0.15) is 12.6 Å². The number of hydrogen-bond acceptors (Lipinski definition) is 4. The molecule has 0 aliphatic heterocycles. The molecule has 0 aliphatic carbocycles. The average molecular weight is 330 g/mol. The van der Waals surface area contributed by atoms with Crippen LogP contribution in [0.2, 0.25) is 5.02 Å². The van der Waals surface area contributed by atoms with Crippen molar-refractivity contribution in [1.29, 1.82) is 0 Å². The van der Waals surface area contributed by atoms with Crippen LogP contribution >= 0.6 is 28.6 Å². The number of benzene rings is 1. The van der Waals surface area contributed by atoms with Gasteiger partial charge in [-0.2, -0.15) is 4.98 Å². The van der Waals surface area contributed by atoms with Gasteiger partial charge in [0.05, 0.1) is 5.69 Å². The Labute approximate surface area is 121 Å². The third kappa shape index (κ3) is 2.91. The fraction of sp³-hybridized carbons (Fsp3) is 0.167. The zero-order chi connectivity index (χ0) is 12.4. The summed E-state index contributed by atoms with van der Waals surface area (Å²) in [4.78, 5) is 8.20. The zero-order valence-electron chi connectivity index (χ0n) is 9.85. The van der Waals surface area contributed by atoms with Crippen molar-refractivity contribution < 1.29 is 0 Å². The van der Waals surface area contributed by atoms with E-state index >= 15 is 0 Å². The lowest BCUT2D eigenvalue weighted by molar-refractivity contribution is 1.02. The highest BCUT2D eigenvalue weighted by Crippen LogP contribution is 2.29. The van der Waals surface area contributed by atoms with Gasteiger partial charge in [0, 0.05) is 10.6 Å². The Balaban J connectivity index is 0.00000162. The number of nitrogen functional groups attached to an aromatic ring is 2. The molecule has 0 atom stereocenters. The molecule has 1 heterocycles. The molecule has 0 aliphatic rings. The van der Waals surface area contributed by atoms with Gasteiger partial charge >= 0.3 is 0 Å². The van der Waals surface area contributed by atoms with E-state index in [9.17, 15) is 0 Å². The van der Waals surface area contributed by atoms with E-state index in [4.69, 9.17) is 23.1 Å². The van der Waals surface area contributed by atoms with Crippen molar-refractivity contribution in [3.63, 3.8) is 0 Å². The Morgan fingerprint density at radius 2 is 1.72 bits per heavy atom. The second-order valence-corrected chi connectivity index (χ2v) is 4.09. The SMILES string of the molecule is Br.CCc1nc(N)nc(N)c1-c1ccc(Cl)cc1. The van der Waals surface area contributed by atoms with E-state index in [2.05, 4.69) is 9.97 Å². The quantitative estimate of drug-likeness (QED) is 0.887. The molecule has 0 spiro atoms. The van der Waals surface area contributed by atoms with Crippen LogP contribution in [0, 0.1) is 0 Å². The van der Waals surface area contributed by atoms with Gasteiger partial charge in [-0.15, -0.1) is 17.0 Å². The number of aromatic nitrogens is 2. The molecule has 4 N–H and O–H groups in total. The molecule has 0 saturated carbocycles. The first-order chi connectivity index (χ1) is 8.11. The van der Waals surface area contributed by atoms with Crippen LogP contribution in [0.5, 0.6) is 0 Å². The van der Waals surface area contributed by atoms with E-state index in [1.807, 2.05) is 31.2 Å². The van der Waals surface area contributed by atoms with Crippen LogP contribution < -0.4 is 11.5 Å². The Hall–Kier alpha value is -1.33. The van der Waals surface area contributed by atoms with Crippen molar-refractivity contribution >= 4 is 40.3 Å². The minimum absolute atomic E-state index is 0. The molecule has 6 heteroatoms. The van der Waals surface area contributed by atoms with Crippen LogP contribution in [-0.4, -0.2) is 9.97 Å². The summed E-state index contributed by atoms with van der Waals surface area (Å²) >= 11 is 5.86. The molecule has 18 heavy (non-hydrogen) atoms. The fourth-order valence-electron chi connectivity index (χ4n) is 1.73. The van der Waals surface area contributed by atoms with Crippen LogP contribution in [-0.2, 0) is 6.42 Å². The van der Waals surface area contributed by atoms with E-state index in [0.29, 0.717) is 10.8 Å². The van der Waals surface area contributed by atoms with Gasteiger partial charge < -0.3 is 11.5 Å². The van der Waals surface area contributed by atoms with Crippen molar-refractivity contribution in [1.82, 2.24) is 9.97 Å². The summed E-state index contributed by atoms with van der Waals surface area (Å²) in [6.45, 7) is 2.00. The Morgan fingerprint density at radius 3 is 2.28 bits per heavy atom. The summed E-state index contributed by atoms with van der Waals surface area (Å²) in [5, 5.41) is 0.682. The molecule has 0 fully saturated rings. The lowest BCUT2D eigenvalue weighted by Crippen LogP contribution is -2.06. The number of anilines is 2. The number of halogens is 2. The summed E-state index contributed by atoms with van der Waals surface area (Å²) < 4.78 is 0. The van der Waals surface area contributed by atoms with E-state index in [1.165, 1.54) is 0 Å². The van der Waals surface area contributed by atoms with Crippen molar-refractivity contribution in [2.24, 2.45) is 0 Å². The smallest absolute Gasteiger partial charge is 0.222 e. The minimum Gasteiger partial charge on any atom is -0.383 e. The fourth-order valence-corrected chi connectivity index (χ4v) is 1.86. The molecular formula is C12H14BrClN4. The number of rotatable bonds is 2. The second-order valence-electron chi connectivity index (χ2n) is 3.65. The average Bonchev–Trinajstić information content (AvgIpc) is 2.30. The van der Waals surface area contributed by atoms with Crippen LogP contribution in [0.4, 0.5) is 11.8 Å². The largest absolute Gasteiger partial charge is 0.383 e. The summed E-state index contributed by atoms with van der Waals surface area (Å²) in [5.41, 5.74) is 14.1. The van der Waals surface area contributed by atoms with E-state index in [-0.39, 0.29) is 22.9 Å². The van der Waals surface area contributed by atoms with E-state index in [0.717, 1.165) is 23.2 Å². The maximum Gasteiger partial charge on any atom is 0.222 e.